The molecule has 4 rings (SSSR count). The topological polar surface area (TPSA) is 87.6 Å². The summed E-state index contributed by atoms with van der Waals surface area (Å²) in [5.41, 5.74) is 4.78. The normalized spacial score (nSPS) is 13.5. The van der Waals surface area contributed by atoms with Gasteiger partial charge in [-0.15, -0.1) is 0 Å². The van der Waals surface area contributed by atoms with Gasteiger partial charge in [0.25, 0.3) is 5.91 Å². The molecule has 3 aromatic heterocycles. The molecule has 1 amide bonds. The first-order valence-electron chi connectivity index (χ1n) is 10.1. The van der Waals surface area contributed by atoms with E-state index in [1.165, 1.54) is 5.56 Å². The van der Waals surface area contributed by atoms with Crippen LogP contribution < -0.4 is 10.6 Å². The van der Waals surface area contributed by atoms with Crippen molar-refractivity contribution >= 4 is 11.7 Å². The Hall–Kier alpha value is -2.93. The molecule has 0 spiro atoms. The van der Waals surface area contributed by atoms with E-state index >= 15 is 0 Å². The maximum Gasteiger partial charge on any atom is 0.259 e. The van der Waals surface area contributed by atoms with Gasteiger partial charge < -0.3 is 15.6 Å². The summed E-state index contributed by atoms with van der Waals surface area (Å²) in [6.45, 7) is 7.95. The van der Waals surface area contributed by atoms with Gasteiger partial charge in [-0.1, -0.05) is 6.07 Å². The molecule has 1 aliphatic carbocycles. The number of aryl methyl sites for hydroxylation is 2. The van der Waals surface area contributed by atoms with E-state index in [4.69, 9.17) is 0 Å². The van der Waals surface area contributed by atoms with Gasteiger partial charge >= 0.3 is 0 Å². The minimum atomic E-state index is -0.168. The number of hydrogen-bond donors (Lipinski definition) is 3. The zero-order valence-corrected chi connectivity index (χ0v) is 17.2. The zero-order chi connectivity index (χ0) is 20.4. The predicted molar refractivity (Wildman–Crippen MR) is 114 cm³/mol. The lowest BCUT2D eigenvalue weighted by atomic mass is 10.0. The number of nitrogens with zero attached hydrogens (tertiary/aromatic N) is 3. The summed E-state index contributed by atoms with van der Waals surface area (Å²) < 4.78 is 1.84. The Morgan fingerprint density at radius 3 is 2.97 bits per heavy atom. The molecule has 29 heavy (non-hydrogen) atoms. The van der Waals surface area contributed by atoms with E-state index in [0.29, 0.717) is 11.4 Å². The van der Waals surface area contributed by atoms with E-state index < -0.39 is 0 Å². The Bertz CT molecular complexity index is 1010. The molecule has 0 bridgehead atoms. The maximum absolute atomic E-state index is 13.0. The largest absolute Gasteiger partial charge is 0.364 e. The number of H-pyrrole nitrogens is 1. The van der Waals surface area contributed by atoms with E-state index in [-0.39, 0.29) is 11.4 Å². The standard InChI is InChI=1S/C22H28N6O/c1-22(2,3)25-11-13-28-12-9-18(27-28)26-21(29)16-14-24-17-8-4-6-15-7-5-10-23-20(15)19(16)17/h5,7,9-10,12,14,24-25H,4,6,8,11,13H2,1-3H3,(H,26,27,29). The number of rotatable bonds is 5. The van der Waals surface area contributed by atoms with Crippen molar-refractivity contribution in [2.75, 3.05) is 11.9 Å². The van der Waals surface area contributed by atoms with Crippen molar-refractivity contribution in [1.82, 2.24) is 25.1 Å². The van der Waals surface area contributed by atoms with Crippen LogP contribution in [0.2, 0.25) is 0 Å². The van der Waals surface area contributed by atoms with Crippen LogP contribution in [0.15, 0.2) is 36.8 Å². The fraction of sp³-hybridized carbons (Fsp3) is 0.409. The van der Waals surface area contributed by atoms with E-state index in [1.54, 1.807) is 12.4 Å². The van der Waals surface area contributed by atoms with Gasteiger partial charge in [0.2, 0.25) is 0 Å². The molecule has 0 aromatic carbocycles. The lowest BCUT2D eigenvalue weighted by Gasteiger charge is -2.20. The number of fused-ring (bicyclic) bond motifs is 3. The zero-order valence-electron chi connectivity index (χ0n) is 17.2. The van der Waals surface area contributed by atoms with Crippen LogP contribution >= 0.6 is 0 Å². The Morgan fingerprint density at radius 2 is 2.14 bits per heavy atom. The van der Waals surface area contributed by atoms with Crippen LogP contribution in [-0.2, 0) is 19.4 Å². The third-order valence-corrected chi connectivity index (χ3v) is 5.09. The number of carbonyl (C=O) groups excluding carboxylic acids is 1. The molecule has 3 aromatic rings. The summed E-state index contributed by atoms with van der Waals surface area (Å²) in [4.78, 5) is 20.9. The molecule has 7 nitrogen and oxygen atoms in total. The summed E-state index contributed by atoms with van der Waals surface area (Å²) in [7, 11) is 0. The summed E-state index contributed by atoms with van der Waals surface area (Å²) in [5, 5.41) is 10.8. The first-order valence-corrected chi connectivity index (χ1v) is 10.1. The van der Waals surface area contributed by atoms with Crippen molar-refractivity contribution in [2.24, 2.45) is 0 Å². The van der Waals surface area contributed by atoms with Crippen molar-refractivity contribution in [1.29, 1.82) is 0 Å². The molecular formula is C22H28N6O. The number of pyridine rings is 1. The predicted octanol–water partition coefficient (Wildman–Crippen LogP) is 3.40. The number of carbonyl (C=O) groups is 1. The van der Waals surface area contributed by atoms with Gasteiger partial charge in [0.1, 0.15) is 0 Å². The molecule has 0 fully saturated rings. The third-order valence-electron chi connectivity index (χ3n) is 5.09. The number of hydrogen-bond acceptors (Lipinski definition) is 4. The van der Waals surface area contributed by atoms with E-state index in [9.17, 15) is 4.79 Å². The Kier molecular flexibility index (Phi) is 5.24. The molecular weight excluding hydrogens is 364 g/mol. The first kappa shape index (κ1) is 19.4. The molecule has 7 heteroatoms. The van der Waals surface area contributed by atoms with Gasteiger partial charge in [-0.25, -0.2) is 0 Å². The Morgan fingerprint density at radius 1 is 1.28 bits per heavy atom. The first-order chi connectivity index (χ1) is 13.9. The molecule has 0 aliphatic heterocycles. The van der Waals surface area contributed by atoms with Crippen LogP contribution in [0.3, 0.4) is 0 Å². The number of aromatic nitrogens is 4. The van der Waals surface area contributed by atoms with Crippen molar-refractivity contribution in [3.8, 4) is 11.3 Å². The van der Waals surface area contributed by atoms with Crippen molar-refractivity contribution in [3.05, 3.63) is 53.6 Å². The molecule has 152 valence electrons. The molecule has 3 N–H and O–H groups in total. The summed E-state index contributed by atoms with van der Waals surface area (Å²) in [6.07, 6.45) is 8.38. The highest BCUT2D eigenvalue weighted by Gasteiger charge is 2.24. The highest BCUT2D eigenvalue weighted by molar-refractivity contribution is 6.08. The quantitative estimate of drug-likeness (QED) is 0.621. The SMILES string of the molecule is CC(C)(C)NCCn1ccc(NC(=O)c2c[nH]c3c2-c2ncccc2CCC3)n1. The molecule has 0 atom stereocenters. The second kappa shape index (κ2) is 7.83. The molecule has 0 unspecified atom stereocenters. The van der Waals surface area contributed by atoms with Gasteiger partial charge in [-0.05, 0) is 51.7 Å². The number of aromatic amines is 1. The van der Waals surface area contributed by atoms with E-state index in [2.05, 4.69) is 52.5 Å². The van der Waals surface area contributed by atoms with Gasteiger partial charge in [-0.2, -0.15) is 5.10 Å². The Balaban J connectivity index is 1.50. The highest BCUT2D eigenvalue weighted by atomic mass is 16.1. The molecule has 1 aliphatic rings. The average molecular weight is 393 g/mol. The lowest BCUT2D eigenvalue weighted by Crippen LogP contribution is -2.37. The van der Waals surface area contributed by atoms with Crippen molar-refractivity contribution in [3.63, 3.8) is 0 Å². The minimum absolute atomic E-state index is 0.0701. The number of amides is 1. The fourth-order valence-electron chi connectivity index (χ4n) is 3.72. The number of anilines is 1. The van der Waals surface area contributed by atoms with Gasteiger partial charge in [-0.3, -0.25) is 14.5 Å². The molecule has 0 radical (unpaired) electrons. The minimum Gasteiger partial charge on any atom is -0.364 e. The monoisotopic (exact) mass is 392 g/mol. The maximum atomic E-state index is 13.0. The van der Waals surface area contributed by atoms with Crippen LogP contribution in [0, 0.1) is 0 Å². The second-order valence-electron chi connectivity index (χ2n) is 8.52. The summed E-state index contributed by atoms with van der Waals surface area (Å²) >= 11 is 0. The van der Waals surface area contributed by atoms with Gasteiger partial charge in [0.05, 0.1) is 17.8 Å². The molecule has 3 heterocycles. The van der Waals surface area contributed by atoms with Crippen molar-refractivity contribution < 1.29 is 4.79 Å². The molecule has 0 saturated carbocycles. The van der Waals surface area contributed by atoms with Crippen LogP contribution in [0.25, 0.3) is 11.3 Å². The highest BCUT2D eigenvalue weighted by Crippen LogP contribution is 2.33. The Labute approximate surface area is 170 Å². The van der Waals surface area contributed by atoms with E-state index in [0.717, 1.165) is 49.3 Å². The third kappa shape index (κ3) is 4.40. The lowest BCUT2D eigenvalue weighted by molar-refractivity contribution is 0.102. The fourth-order valence-corrected chi connectivity index (χ4v) is 3.72. The van der Waals surface area contributed by atoms with Crippen LogP contribution in [0.4, 0.5) is 5.82 Å². The van der Waals surface area contributed by atoms with Crippen molar-refractivity contribution in [2.45, 2.75) is 52.1 Å². The summed E-state index contributed by atoms with van der Waals surface area (Å²) in [5.74, 6) is 0.384. The van der Waals surface area contributed by atoms with Gasteiger partial charge in [0, 0.05) is 48.0 Å². The summed E-state index contributed by atoms with van der Waals surface area (Å²) in [6, 6.07) is 5.88. The van der Waals surface area contributed by atoms with E-state index in [1.807, 2.05) is 23.0 Å². The average Bonchev–Trinajstić information content (AvgIpc) is 3.24. The van der Waals surface area contributed by atoms with Crippen LogP contribution in [0.5, 0.6) is 0 Å². The molecule has 0 saturated heterocycles. The smallest absolute Gasteiger partial charge is 0.259 e. The van der Waals surface area contributed by atoms with Crippen LogP contribution in [-0.4, -0.2) is 37.7 Å². The van der Waals surface area contributed by atoms with Gasteiger partial charge in [0.15, 0.2) is 5.82 Å². The second-order valence-corrected chi connectivity index (χ2v) is 8.52. The number of nitrogens with one attached hydrogen (secondary N) is 3. The van der Waals surface area contributed by atoms with Crippen LogP contribution in [0.1, 0.15) is 48.8 Å².